The van der Waals surface area contributed by atoms with E-state index in [1.807, 2.05) is 18.3 Å². The van der Waals surface area contributed by atoms with Gasteiger partial charge in [-0.2, -0.15) is 0 Å². The fourth-order valence-corrected chi connectivity index (χ4v) is 4.73. The number of nitrogens with two attached hydrogens (primary N) is 1. The minimum atomic E-state index is -0.389. The van der Waals surface area contributed by atoms with Crippen molar-refractivity contribution in [2.24, 2.45) is 5.73 Å². The van der Waals surface area contributed by atoms with E-state index in [2.05, 4.69) is 33.0 Å². The number of para-hydroxylation sites is 1. The second-order valence-electron chi connectivity index (χ2n) is 8.52. The number of benzene rings is 2. The van der Waals surface area contributed by atoms with Crippen molar-refractivity contribution in [3.63, 3.8) is 0 Å². The van der Waals surface area contributed by atoms with Crippen LogP contribution in [-0.2, 0) is 6.42 Å². The Bertz CT molecular complexity index is 1100. The van der Waals surface area contributed by atoms with Crippen molar-refractivity contribution in [3.05, 3.63) is 53.7 Å². The van der Waals surface area contributed by atoms with E-state index >= 15 is 0 Å². The van der Waals surface area contributed by atoms with Crippen LogP contribution >= 0.6 is 0 Å². The number of anilines is 1. The average Bonchev–Trinajstić information content (AvgIpc) is 3.25. The molecule has 3 N–H and O–H groups in total. The molecule has 5 rings (SSSR count). The second kappa shape index (κ2) is 9.12. The Kier molecular flexibility index (Phi) is 5.90. The van der Waals surface area contributed by atoms with Crippen molar-refractivity contribution in [1.29, 1.82) is 0 Å². The number of ether oxygens (including phenoxy) is 2. The molecule has 32 heavy (non-hydrogen) atoms. The number of aromatic amines is 1. The molecular formula is C25H30N4O3. The number of nitrogens with one attached hydrogen (secondary N) is 1. The maximum absolute atomic E-state index is 11.6. The highest BCUT2D eigenvalue weighted by Gasteiger charge is 2.19. The van der Waals surface area contributed by atoms with E-state index in [9.17, 15) is 4.79 Å². The smallest absolute Gasteiger partial charge is 0.250 e. The van der Waals surface area contributed by atoms with E-state index in [0.29, 0.717) is 18.8 Å². The summed E-state index contributed by atoms with van der Waals surface area (Å²) in [6, 6.07) is 12.0. The molecule has 1 aromatic heterocycles. The average molecular weight is 435 g/mol. The summed E-state index contributed by atoms with van der Waals surface area (Å²) in [6.07, 6.45) is 5.30. The van der Waals surface area contributed by atoms with Gasteiger partial charge >= 0.3 is 0 Å². The van der Waals surface area contributed by atoms with Gasteiger partial charge in [-0.1, -0.05) is 12.1 Å². The number of unbranched alkanes of at least 4 members (excludes halogenated alkanes) is 1. The zero-order valence-corrected chi connectivity index (χ0v) is 18.3. The van der Waals surface area contributed by atoms with Gasteiger partial charge in [-0.15, -0.1) is 0 Å². The van der Waals surface area contributed by atoms with Crippen molar-refractivity contribution < 1.29 is 14.3 Å². The molecule has 3 heterocycles. The number of aromatic nitrogens is 1. The number of H-pyrrole nitrogens is 1. The Hall–Kier alpha value is -3.19. The third-order valence-corrected chi connectivity index (χ3v) is 6.50. The lowest BCUT2D eigenvalue weighted by atomic mass is 10.0. The summed E-state index contributed by atoms with van der Waals surface area (Å²) < 4.78 is 11.4. The number of nitrogens with zero attached hydrogens (tertiary/aromatic N) is 2. The number of carbonyl (C=O) groups excluding carboxylic acids is 1. The van der Waals surface area contributed by atoms with Crippen LogP contribution in [-0.4, -0.2) is 61.7 Å². The van der Waals surface area contributed by atoms with Gasteiger partial charge in [-0.25, -0.2) is 0 Å². The first-order valence-electron chi connectivity index (χ1n) is 11.4. The molecule has 1 saturated heterocycles. The first-order valence-corrected chi connectivity index (χ1v) is 11.4. The molecule has 0 aliphatic carbocycles. The Morgan fingerprint density at radius 1 is 1.00 bits per heavy atom. The summed E-state index contributed by atoms with van der Waals surface area (Å²) in [5, 5.41) is 1.11. The minimum Gasteiger partial charge on any atom is -0.486 e. The second-order valence-corrected chi connectivity index (χ2v) is 8.52. The molecule has 2 aliphatic heterocycles. The molecule has 0 saturated carbocycles. The highest BCUT2D eigenvalue weighted by molar-refractivity contribution is 6.05. The molecule has 0 atom stereocenters. The lowest BCUT2D eigenvalue weighted by Crippen LogP contribution is -2.46. The maximum atomic E-state index is 11.6. The lowest BCUT2D eigenvalue weighted by molar-refractivity contribution is 0.100. The summed E-state index contributed by atoms with van der Waals surface area (Å²) in [5.41, 5.74) is 9.37. The molecule has 7 heteroatoms. The first kappa shape index (κ1) is 20.7. The normalized spacial score (nSPS) is 16.4. The first-order chi connectivity index (χ1) is 15.7. The van der Waals surface area contributed by atoms with Crippen molar-refractivity contribution in [2.75, 3.05) is 50.8 Å². The molecule has 168 valence electrons. The third kappa shape index (κ3) is 4.25. The molecule has 0 radical (unpaired) electrons. The molecule has 2 aromatic carbocycles. The van der Waals surface area contributed by atoms with E-state index in [4.69, 9.17) is 15.2 Å². The van der Waals surface area contributed by atoms with E-state index in [1.54, 1.807) is 6.07 Å². The largest absolute Gasteiger partial charge is 0.486 e. The van der Waals surface area contributed by atoms with Crippen LogP contribution < -0.4 is 20.1 Å². The molecule has 3 aromatic rings. The van der Waals surface area contributed by atoms with Gasteiger partial charge in [0.05, 0.1) is 11.1 Å². The Morgan fingerprint density at radius 2 is 1.81 bits per heavy atom. The quantitative estimate of drug-likeness (QED) is 0.558. The molecule has 1 amide bonds. The number of aryl methyl sites for hydroxylation is 1. The van der Waals surface area contributed by atoms with E-state index in [-0.39, 0.29) is 5.91 Å². The Balaban J connectivity index is 1.09. The monoisotopic (exact) mass is 434 g/mol. The summed E-state index contributed by atoms with van der Waals surface area (Å²) in [7, 11) is 0. The van der Waals surface area contributed by atoms with Gasteiger partial charge in [0.2, 0.25) is 0 Å². The molecule has 0 unspecified atom stereocenters. The Labute approximate surface area is 188 Å². The molecule has 0 spiro atoms. The standard InChI is InChI=1S/C25H30N4O3/c26-25(30)21-6-3-5-20-18(17-27-24(20)21)4-1-2-9-28-10-12-29(13-11-28)19-7-8-22-23(16-19)32-15-14-31-22/h3,5-8,16-17,27H,1-2,4,9-15H2,(H2,26,30). The van der Waals surface area contributed by atoms with Crippen molar-refractivity contribution in [2.45, 2.75) is 19.3 Å². The van der Waals surface area contributed by atoms with Crippen LogP contribution in [0.3, 0.4) is 0 Å². The van der Waals surface area contributed by atoms with Crippen LogP contribution in [0.2, 0.25) is 0 Å². The predicted octanol–water partition coefficient (Wildman–Crippen LogP) is 3.18. The Morgan fingerprint density at radius 3 is 2.62 bits per heavy atom. The van der Waals surface area contributed by atoms with E-state index in [1.165, 1.54) is 11.3 Å². The maximum Gasteiger partial charge on any atom is 0.250 e. The van der Waals surface area contributed by atoms with Crippen LogP contribution in [0.5, 0.6) is 11.5 Å². The minimum absolute atomic E-state index is 0.389. The van der Waals surface area contributed by atoms with Crippen LogP contribution in [0.25, 0.3) is 10.9 Å². The van der Waals surface area contributed by atoms with Gasteiger partial charge < -0.3 is 25.1 Å². The fraction of sp³-hybridized carbons (Fsp3) is 0.400. The number of rotatable bonds is 7. The fourth-order valence-electron chi connectivity index (χ4n) is 4.73. The number of fused-ring (bicyclic) bond motifs is 2. The molecule has 0 bridgehead atoms. The van der Waals surface area contributed by atoms with Gasteiger partial charge in [-0.05, 0) is 49.6 Å². The molecular weight excluding hydrogens is 404 g/mol. The van der Waals surface area contributed by atoms with E-state index < -0.39 is 0 Å². The zero-order valence-electron chi connectivity index (χ0n) is 18.3. The number of amides is 1. The van der Waals surface area contributed by atoms with E-state index in [0.717, 1.165) is 74.4 Å². The molecule has 1 fully saturated rings. The number of primary amides is 1. The molecule has 2 aliphatic rings. The van der Waals surface area contributed by atoms with Crippen molar-refractivity contribution >= 4 is 22.5 Å². The van der Waals surface area contributed by atoms with Gasteiger partial charge in [0.1, 0.15) is 13.2 Å². The van der Waals surface area contributed by atoms with Crippen molar-refractivity contribution in [1.82, 2.24) is 9.88 Å². The number of carbonyl (C=O) groups is 1. The van der Waals surface area contributed by atoms with Gasteiger partial charge in [0.15, 0.2) is 11.5 Å². The third-order valence-electron chi connectivity index (χ3n) is 6.50. The SMILES string of the molecule is NC(=O)c1cccc2c(CCCCN3CCN(c4ccc5c(c4)OCCO5)CC3)c[nH]c12. The summed E-state index contributed by atoms with van der Waals surface area (Å²) in [4.78, 5) is 19.8. The van der Waals surface area contributed by atoms with Gasteiger partial charge in [0.25, 0.3) is 5.91 Å². The highest BCUT2D eigenvalue weighted by atomic mass is 16.6. The van der Waals surface area contributed by atoms with Gasteiger partial charge in [-0.3, -0.25) is 9.69 Å². The highest BCUT2D eigenvalue weighted by Crippen LogP contribution is 2.34. The van der Waals surface area contributed by atoms with Crippen LogP contribution in [0.15, 0.2) is 42.6 Å². The number of hydrogen-bond donors (Lipinski definition) is 2. The van der Waals surface area contributed by atoms with Crippen LogP contribution in [0.1, 0.15) is 28.8 Å². The summed E-state index contributed by atoms with van der Waals surface area (Å²) in [6.45, 7) is 6.56. The summed E-state index contributed by atoms with van der Waals surface area (Å²) in [5.74, 6) is 1.32. The zero-order chi connectivity index (χ0) is 21.9. The summed E-state index contributed by atoms with van der Waals surface area (Å²) >= 11 is 0. The number of piperazine rings is 1. The van der Waals surface area contributed by atoms with Crippen LogP contribution in [0, 0.1) is 0 Å². The van der Waals surface area contributed by atoms with Gasteiger partial charge in [0, 0.05) is 49.5 Å². The van der Waals surface area contributed by atoms with Crippen LogP contribution in [0.4, 0.5) is 5.69 Å². The topological polar surface area (TPSA) is 83.8 Å². The molecule has 7 nitrogen and oxygen atoms in total. The predicted molar refractivity (Wildman–Crippen MR) is 126 cm³/mol. The number of hydrogen-bond acceptors (Lipinski definition) is 5. The van der Waals surface area contributed by atoms with Crippen molar-refractivity contribution in [3.8, 4) is 11.5 Å². The lowest BCUT2D eigenvalue weighted by Gasteiger charge is -2.36.